The predicted octanol–water partition coefficient (Wildman–Crippen LogP) is 4.49. The lowest BCUT2D eigenvalue weighted by Crippen LogP contribution is -1.84. The summed E-state index contributed by atoms with van der Waals surface area (Å²) in [5, 5.41) is 1.53. The van der Waals surface area contributed by atoms with Crippen molar-refractivity contribution >= 4 is 45.8 Å². The van der Waals surface area contributed by atoms with Crippen LogP contribution in [-0.2, 0) is 0 Å². The maximum absolute atomic E-state index is 5.93. The molecule has 1 unspecified atom stereocenters. The first kappa shape index (κ1) is 9.62. The third kappa shape index (κ3) is 2.49. The Morgan fingerprint density at radius 2 is 2.00 bits per heavy atom. The van der Waals surface area contributed by atoms with Crippen molar-refractivity contribution in [1.82, 2.24) is 0 Å². The second-order valence-electron chi connectivity index (χ2n) is 2.28. The molecule has 0 aliphatic rings. The SMILES string of the molecule is CC(I)c1cc(Cl)ccc1Cl. The van der Waals surface area contributed by atoms with Crippen LogP contribution in [0.3, 0.4) is 0 Å². The van der Waals surface area contributed by atoms with Crippen molar-refractivity contribution in [3.05, 3.63) is 33.8 Å². The molecule has 60 valence electrons. The van der Waals surface area contributed by atoms with Crippen LogP contribution in [0.4, 0.5) is 0 Å². The van der Waals surface area contributed by atoms with E-state index in [9.17, 15) is 0 Å². The molecule has 0 nitrogen and oxygen atoms in total. The maximum Gasteiger partial charge on any atom is 0.0449 e. The van der Waals surface area contributed by atoms with Gasteiger partial charge in [-0.25, -0.2) is 0 Å². The van der Waals surface area contributed by atoms with Gasteiger partial charge in [0.15, 0.2) is 0 Å². The topological polar surface area (TPSA) is 0 Å². The predicted molar refractivity (Wildman–Crippen MR) is 58.9 cm³/mol. The van der Waals surface area contributed by atoms with Crippen molar-refractivity contribution < 1.29 is 0 Å². The highest BCUT2D eigenvalue weighted by atomic mass is 127. The summed E-state index contributed by atoms with van der Waals surface area (Å²) in [6, 6.07) is 5.53. The third-order valence-corrected chi connectivity index (χ3v) is 2.64. The van der Waals surface area contributed by atoms with E-state index >= 15 is 0 Å². The van der Waals surface area contributed by atoms with Crippen LogP contribution in [0, 0.1) is 0 Å². The third-order valence-electron chi connectivity index (χ3n) is 1.39. The Morgan fingerprint density at radius 3 is 2.45 bits per heavy atom. The molecule has 1 aromatic carbocycles. The fraction of sp³-hybridized carbons (Fsp3) is 0.250. The van der Waals surface area contributed by atoms with Gasteiger partial charge in [-0.05, 0) is 30.7 Å². The molecule has 0 heterocycles. The molecule has 1 aromatic rings. The van der Waals surface area contributed by atoms with Gasteiger partial charge in [0.05, 0.1) is 0 Å². The summed E-state index contributed by atoms with van der Waals surface area (Å²) in [5.41, 5.74) is 1.10. The fourth-order valence-electron chi connectivity index (χ4n) is 0.819. The molecule has 0 saturated carbocycles. The Labute approximate surface area is 90.0 Å². The van der Waals surface area contributed by atoms with E-state index in [0.29, 0.717) is 3.92 Å². The average molecular weight is 301 g/mol. The highest BCUT2D eigenvalue weighted by Crippen LogP contribution is 2.31. The van der Waals surface area contributed by atoms with Crippen LogP contribution in [0.2, 0.25) is 10.0 Å². The van der Waals surface area contributed by atoms with Gasteiger partial charge in [-0.15, -0.1) is 0 Å². The standard InChI is InChI=1S/C8H7Cl2I/c1-5(11)7-4-6(9)2-3-8(7)10/h2-5H,1H3. The van der Waals surface area contributed by atoms with Gasteiger partial charge in [-0.3, -0.25) is 0 Å². The van der Waals surface area contributed by atoms with Crippen molar-refractivity contribution in [3.63, 3.8) is 0 Å². The van der Waals surface area contributed by atoms with Crippen LogP contribution >= 0.6 is 45.8 Å². The van der Waals surface area contributed by atoms with Crippen LogP contribution in [0.1, 0.15) is 16.4 Å². The molecule has 0 aliphatic heterocycles. The van der Waals surface area contributed by atoms with E-state index in [1.54, 1.807) is 6.07 Å². The zero-order valence-corrected chi connectivity index (χ0v) is 9.61. The molecule has 0 N–H and O–H groups in total. The van der Waals surface area contributed by atoms with Gasteiger partial charge in [-0.2, -0.15) is 0 Å². The molecule has 3 heteroatoms. The molecule has 0 radical (unpaired) electrons. The lowest BCUT2D eigenvalue weighted by molar-refractivity contribution is 1.15. The van der Waals surface area contributed by atoms with E-state index in [0.717, 1.165) is 15.6 Å². The molecule has 0 fully saturated rings. The minimum atomic E-state index is 0.402. The molecule has 0 spiro atoms. The van der Waals surface area contributed by atoms with Crippen LogP contribution in [0.25, 0.3) is 0 Å². The molecule has 0 saturated heterocycles. The summed E-state index contributed by atoms with van der Waals surface area (Å²) in [5.74, 6) is 0. The van der Waals surface area contributed by atoms with Gasteiger partial charge >= 0.3 is 0 Å². The van der Waals surface area contributed by atoms with E-state index in [2.05, 4.69) is 29.5 Å². The molecule has 0 amide bonds. The smallest absolute Gasteiger partial charge is 0.0449 e. The largest absolute Gasteiger partial charge is 0.0843 e. The second-order valence-corrected chi connectivity index (χ2v) is 4.99. The summed E-state index contributed by atoms with van der Waals surface area (Å²) >= 11 is 14.0. The second kappa shape index (κ2) is 3.97. The molecular weight excluding hydrogens is 294 g/mol. The quantitative estimate of drug-likeness (QED) is 0.529. The zero-order chi connectivity index (χ0) is 8.43. The summed E-state index contributed by atoms with van der Waals surface area (Å²) < 4.78 is 0.402. The van der Waals surface area contributed by atoms with Crippen LogP contribution in [-0.4, -0.2) is 0 Å². The summed E-state index contributed by atoms with van der Waals surface area (Å²) in [7, 11) is 0. The van der Waals surface area contributed by atoms with Crippen molar-refractivity contribution in [2.45, 2.75) is 10.8 Å². The van der Waals surface area contributed by atoms with Crippen LogP contribution < -0.4 is 0 Å². The van der Waals surface area contributed by atoms with Gasteiger partial charge in [0.2, 0.25) is 0 Å². The van der Waals surface area contributed by atoms with E-state index in [4.69, 9.17) is 23.2 Å². The number of halogens is 3. The highest BCUT2D eigenvalue weighted by molar-refractivity contribution is 14.1. The Kier molecular flexibility index (Phi) is 3.47. The van der Waals surface area contributed by atoms with Crippen molar-refractivity contribution in [2.24, 2.45) is 0 Å². The molecule has 11 heavy (non-hydrogen) atoms. The first-order chi connectivity index (χ1) is 5.11. The molecule has 1 atom stereocenters. The molecule has 0 bridgehead atoms. The Balaban J connectivity index is 3.13. The van der Waals surface area contributed by atoms with Gasteiger partial charge in [0, 0.05) is 14.0 Å². The van der Waals surface area contributed by atoms with Crippen LogP contribution in [0.5, 0.6) is 0 Å². The van der Waals surface area contributed by atoms with Gasteiger partial charge in [0.1, 0.15) is 0 Å². The van der Waals surface area contributed by atoms with Crippen LogP contribution in [0.15, 0.2) is 18.2 Å². The highest BCUT2D eigenvalue weighted by Gasteiger charge is 2.05. The first-order valence-corrected chi connectivity index (χ1v) is 5.20. The van der Waals surface area contributed by atoms with Gasteiger partial charge < -0.3 is 0 Å². The molecule has 0 aliphatic carbocycles. The minimum Gasteiger partial charge on any atom is -0.0843 e. The van der Waals surface area contributed by atoms with E-state index < -0.39 is 0 Å². The monoisotopic (exact) mass is 300 g/mol. The summed E-state index contributed by atoms with van der Waals surface area (Å²) in [4.78, 5) is 0. The Morgan fingerprint density at radius 1 is 1.36 bits per heavy atom. The number of benzene rings is 1. The van der Waals surface area contributed by atoms with E-state index in [-0.39, 0.29) is 0 Å². The molecule has 0 aromatic heterocycles. The minimum absolute atomic E-state index is 0.402. The summed E-state index contributed by atoms with van der Waals surface area (Å²) in [6.45, 7) is 2.08. The number of rotatable bonds is 1. The Bertz CT molecular complexity index is 258. The zero-order valence-electron chi connectivity index (χ0n) is 5.94. The van der Waals surface area contributed by atoms with E-state index in [1.807, 2.05) is 12.1 Å². The molecule has 1 rings (SSSR count). The van der Waals surface area contributed by atoms with Crippen molar-refractivity contribution in [3.8, 4) is 0 Å². The maximum atomic E-state index is 5.93. The van der Waals surface area contributed by atoms with Crippen molar-refractivity contribution in [2.75, 3.05) is 0 Å². The van der Waals surface area contributed by atoms with Gasteiger partial charge in [0.25, 0.3) is 0 Å². The van der Waals surface area contributed by atoms with E-state index in [1.165, 1.54) is 0 Å². The van der Waals surface area contributed by atoms with Crippen molar-refractivity contribution in [1.29, 1.82) is 0 Å². The summed E-state index contributed by atoms with van der Waals surface area (Å²) in [6.07, 6.45) is 0. The number of hydrogen-bond acceptors (Lipinski definition) is 0. The van der Waals surface area contributed by atoms with Gasteiger partial charge in [-0.1, -0.05) is 45.8 Å². The number of hydrogen-bond donors (Lipinski definition) is 0. The Hall–Kier alpha value is 0.530. The normalized spacial score (nSPS) is 13.1. The lowest BCUT2D eigenvalue weighted by Gasteiger charge is -2.05. The lowest BCUT2D eigenvalue weighted by atomic mass is 10.2. The first-order valence-electron chi connectivity index (χ1n) is 3.20. The fourth-order valence-corrected chi connectivity index (χ4v) is 1.98. The molecular formula is C8H7Cl2I. The number of alkyl halides is 1. The average Bonchev–Trinajstić information content (AvgIpc) is 1.94.